The summed E-state index contributed by atoms with van der Waals surface area (Å²) in [6.07, 6.45) is 10.0. The molecule has 1 aromatic heterocycles. The van der Waals surface area contributed by atoms with Crippen LogP contribution in [-0.2, 0) is 16.0 Å². The molecule has 0 unspecified atom stereocenters. The van der Waals surface area contributed by atoms with Crippen molar-refractivity contribution in [2.24, 2.45) is 0 Å². The van der Waals surface area contributed by atoms with Gasteiger partial charge in [0.25, 0.3) is 5.91 Å². The molecule has 0 bridgehead atoms. The van der Waals surface area contributed by atoms with Crippen LogP contribution in [0, 0.1) is 0 Å². The second kappa shape index (κ2) is 10.2. The van der Waals surface area contributed by atoms with E-state index in [0.29, 0.717) is 5.56 Å². The van der Waals surface area contributed by atoms with Gasteiger partial charge in [0, 0.05) is 11.4 Å². The van der Waals surface area contributed by atoms with E-state index in [1.807, 2.05) is 42.5 Å². The smallest absolute Gasteiger partial charge is 0.339 e. The molecule has 1 amide bonds. The van der Waals surface area contributed by atoms with Gasteiger partial charge in [0.2, 0.25) is 6.79 Å². The largest absolute Gasteiger partial charge is 0.454 e. The van der Waals surface area contributed by atoms with E-state index in [2.05, 4.69) is 11.4 Å². The molecular formula is C30H30N2O5. The van der Waals surface area contributed by atoms with Gasteiger partial charge in [-0.1, -0.05) is 43.5 Å². The van der Waals surface area contributed by atoms with Gasteiger partial charge in [-0.2, -0.15) is 0 Å². The first-order valence-electron chi connectivity index (χ1n) is 13.1. The Hall–Kier alpha value is -3.87. The third-order valence-electron chi connectivity index (χ3n) is 7.42. The molecule has 0 saturated heterocycles. The summed E-state index contributed by atoms with van der Waals surface area (Å²) < 4.78 is 16.6. The molecule has 2 heterocycles. The summed E-state index contributed by atoms with van der Waals surface area (Å²) >= 11 is 0. The van der Waals surface area contributed by atoms with Crippen LogP contribution in [0.2, 0.25) is 0 Å². The van der Waals surface area contributed by atoms with E-state index in [1.165, 1.54) is 6.42 Å². The molecule has 2 aromatic carbocycles. The van der Waals surface area contributed by atoms with Crippen LogP contribution >= 0.6 is 0 Å². The van der Waals surface area contributed by atoms with Crippen LogP contribution in [0.4, 0.5) is 0 Å². The molecular weight excluding hydrogens is 468 g/mol. The number of carbonyl (C=O) groups is 2. The fourth-order valence-electron chi connectivity index (χ4n) is 5.63. The SMILES string of the molecule is O=C(COC(=O)c1c2c(nc3ccccc13)/C(=C/c1ccc3c(c1)OCO3)CCC2)NC1CCCCC1. The Balaban J connectivity index is 1.30. The summed E-state index contributed by atoms with van der Waals surface area (Å²) in [5.41, 5.74) is 5.01. The molecule has 3 aromatic rings. The van der Waals surface area contributed by atoms with Gasteiger partial charge in [0.05, 0.1) is 16.8 Å². The zero-order valence-corrected chi connectivity index (χ0v) is 20.8. The minimum absolute atomic E-state index is 0.179. The third kappa shape index (κ3) is 4.90. The standard InChI is InChI=1S/C30H30N2O5/c33-27(31-21-8-2-1-3-9-21)17-35-30(34)28-22-10-4-5-12-24(22)32-29-20(7-6-11-23(28)29)15-19-13-14-25-26(16-19)37-18-36-25/h4-5,10,12-16,21H,1-3,6-9,11,17-18H2,(H,31,33)/b20-15+. The molecule has 37 heavy (non-hydrogen) atoms. The Bertz CT molecular complexity index is 1390. The molecule has 7 nitrogen and oxygen atoms in total. The van der Waals surface area contributed by atoms with E-state index in [-0.39, 0.29) is 25.3 Å². The Morgan fingerprint density at radius 2 is 1.84 bits per heavy atom. The van der Waals surface area contributed by atoms with E-state index in [0.717, 1.165) is 89.7 Å². The number of para-hydroxylation sites is 1. The summed E-state index contributed by atoms with van der Waals surface area (Å²) in [5.74, 6) is 0.759. The molecule has 0 radical (unpaired) electrons. The van der Waals surface area contributed by atoms with Gasteiger partial charge < -0.3 is 19.5 Å². The predicted octanol–water partition coefficient (Wildman–Crippen LogP) is 5.45. The number of amides is 1. The number of allylic oxidation sites excluding steroid dienone is 1. The molecule has 7 heteroatoms. The highest BCUT2D eigenvalue weighted by molar-refractivity contribution is 6.07. The first kappa shape index (κ1) is 23.5. The number of esters is 1. The molecule has 1 fully saturated rings. The van der Waals surface area contributed by atoms with Gasteiger partial charge in [0.15, 0.2) is 18.1 Å². The minimum Gasteiger partial charge on any atom is -0.454 e. The van der Waals surface area contributed by atoms with E-state index in [1.54, 1.807) is 0 Å². The second-order valence-electron chi connectivity index (χ2n) is 9.95. The number of hydrogen-bond acceptors (Lipinski definition) is 6. The number of nitrogens with one attached hydrogen (secondary N) is 1. The molecule has 1 N–H and O–H groups in total. The first-order valence-corrected chi connectivity index (χ1v) is 13.1. The van der Waals surface area contributed by atoms with Gasteiger partial charge in [-0.3, -0.25) is 4.79 Å². The molecule has 6 rings (SSSR count). The lowest BCUT2D eigenvalue weighted by Crippen LogP contribution is -2.38. The molecule has 0 spiro atoms. The van der Waals surface area contributed by atoms with Crippen LogP contribution in [0.1, 0.15) is 72.1 Å². The average Bonchev–Trinajstić information content (AvgIpc) is 3.39. The zero-order valence-electron chi connectivity index (χ0n) is 20.8. The van der Waals surface area contributed by atoms with Gasteiger partial charge in [-0.25, -0.2) is 9.78 Å². The lowest BCUT2D eigenvalue weighted by Gasteiger charge is -2.23. The second-order valence-corrected chi connectivity index (χ2v) is 9.95. The molecule has 1 saturated carbocycles. The van der Waals surface area contributed by atoms with E-state index in [4.69, 9.17) is 19.2 Å². The number of rotatable bonds is 5. The normalized spacial score (nSPS) is 18.0. The highest BCUT2D eigenvalue weighted by Crippen LogP contribution is 2.38. The van der Waals surface area contributed by atoms with Crippen molar-refractivity contribution >= 4 is 34.4 Å². The Kier molecular flexibility index (Phi) is 6.51. The topological polar surface area (TPSA) is 86.8 Å². The van der Waals surface area contributed by atoms with Crippen LogP contribution < -0.4 is 14.8 Å². The van der Waals surface area contributed by atoms with E-state index in [9.17, 15) is 9.59 Å². The summed E-state index contributed by atoms with van der Waals surface area (Å²) in [4.78, 5) is 30.9. The van der Waals surface area contributed by atoms with Crippen molar-refractivity contribution in [1.82, 2.24) is 10.3 Å². The van der Waals surface area contributed by atoms with Crippen molar-refractivity contribution in [3.05, 3.63) is 64.8 Å². The number of ether oxygens (including phenoxy) is 3. The molecule has 1 aliphatic heterocycles. The summed E-state index contributed by atoms with van der Waals surface area (Å²) in [6, 6.07) is 13.7. The quantitative estimate of drug-likeness (QED) is 0.471. The minimum atomic E-state index is -0.474. The monoisotopic (exact) mass is 498 g/mol. The summed E-state index contributed by atoms with van der Waals surface area (Å²) in [5, 5.41) is 3.77. The Labute approximate surface area is 215 Å². The molecule has 3 aliphatic rings. The first-order chi connectivity index (χ1) is 18.2. The Morgan fingerprint density at radius 1 is 1.00 bits per heavy atom. The zero-order chi connectivity index (χ0) is 25.2. The van der Waals surface area contributed by atoms with Crippen molar-refractivity contribution < 1.29 is 23.8 Å². The van der Waals surface area contributed by atoms with Gasteiger partial charge in [-0.15, -0.1) is 0 Å². The number of hydrogen-bond donors (Lipinski definition) is 1. The number of fused-ring (bicyclic) bond motifs is 3. The fourth-order valence-corrected chi connectivity index (χ4v) is 5.63. The maximum Gasteiger partial charge on any atom is 0.339 e. The number of nitrogens with zero attached hydrogens (tertiary/aromatic N) is 1. The lowest BCUT2D eigenvalue weighted by atomic mass is 9.86. The average molecular weight is 499 g/mol. The van der Waals surface area contributed by atoms with Crippen LogP contribution in [0.3, 0.4) is 0 Å². The number of benzene rings is 2. The van der Waals surface area contributed by atoms with Crippen LogP contribution in [0.15, 0.2) is 42.5 Å². The fraction of sp³-hybridized carbons (Fsp3) is 0.367. The number of aromatic nitrogens is 1. The van der Waals surface area contributed by atoms with Crippen molar-refractivity contribution in [2.45, 2.75) is 57.4 Å². The van der Waals surface area contributed by atoms with Gasteiger partial charge in [0.1, 0.15) is 0 Å². The van der Waals surface area contributed by atoms with E-state index >= 15 is 0 Å². The van der Waals surface area contributed by atoms with Crippen molar-refractivity contribution in [1.29, 1.82) is 0 Å². The predicted molar refractivity (Wildman–Crippen MR) is 140 cm³/mol. The molecule has 190 valence electrons. The number of pyridine rings is 1. The van der Waals surface area contributed by atoms with Crippen LogP contribution in [0.25, 0.3) is 22.6 Å². The van der Waals surface area contributed by atoms with Crippen LogP contribution in [0.5, 0.6) is 11.5 Å². The van der Waals surface area contributed by atoms with E-state index < -0.39 is 5.97 Å². The van der Waals surface area contributed by atoms with Gasteiger partial charge in [-0.05, 0) is 73.1 Å². The summed E-state index contributed by atoms with van der Waals surface area (Å²) in [6.45, 7) is -0.0451. The molecule has 0 atom stereocenters. The maximum absolute atomic E-state index is 13.4. The van der Waals surface area contributed by atoms with Crippen molar-refractivity contribution in [3.63, 3.8) is 0 Å². The highest BCUT2D eigenvalue weighted by Gasteiger charge is 2.27. The summed E-state index contributed by atoms with van der Waals surface area (Å²) in [7, 11) is 0. The van der Waals surface area contributed by atoms with Crippen LogP contribution in [-0.4, -0.2) is 36.3 Å². The van der Waals surface area contributed by atoms with Crippen molar-refractivity contribution in [2.75, 3.05) is 13.4 Å². The third-order valence-corrected chi connectivity index (χ3v) is 7.42. The number of carbonyl (C=O) groups excluding carboxylic acids is 2. The van der Waals surface area contributed by atoms with Crippen molar-refractivity contribution in [3.8, 4) is 11.5 Å². The highest BCUT2D eigenvalue weighted by atomic mass is 16.7. The maximum atomic E-state index is 13.4. The lowest BCUT2D eigenvalue weighted by molar-refractivity contribution is -0.125. The van der Waals surface area contributed by atoms with Gasteiger partial charge >= 0.3 is 5.97 Å². The molecule has 2 aliphatic carbocycles. The Morgan fingerprint density at radius 3 is 2.73 bits per heavy atom.